The first kappa shape index (κ1) is 18.0. The third kappa shape index (κ3) is 3.72. The molecule has 5 heteroatoms. The number of rotatable bonds is 4. The molecule has 3 rings (SSSR count). The predicted molar refractivity (Wildman–Crippen MR) is 99.4 cm³/mol. The zero-order valence-electron chi connectivity index (χ0n) is 15.1. The Morgan fingerprint density at radius 1 is 0.885 bits per heavy atom. The number of anilines is 1. The van der Waals surface area contributed by atoms with E-state index in [9.17, 15) is 14.7 Å². The summed E-state index contributed by atoms with van der Waals surface area (Å²) >= 11 is 0. The summed E-state index contributed by atoms with van der Waals surface area (Å²) in [5.41, 5.74) is 2.60. The average Bonchev–Trinajstić information content (AvgIpc) is 2.67. The fraction of sp³-hybridized carbons (Fsp3) is 0.333. The van der Waals surface area contributed by atoms with E-state index in [-0.39, 0.29) is 17.0 Å². The molecule has 0 N–H and O–H groups in total. The third-order valence-corrected chi connectivity index (χ3v) is 4.87. The monoisotopic (exact) mass is 351 g/mol. The minimum atomic E-state index is -1.32. The Morgan fingerprint density at radius 3 is 2.00 bits per heavy atom. The summed E-state index contributed by atoms with van der Waals surface area (Å²) in [6, 6.07) is 14.8. The van der Waals surface area contributed by atoms with E-state index >= 15 is 0 Å². The van der Waals surface area contributed by atoms with Crippen LogP contribution in [0.2, 0.25) is 0 Å². The van der Waals surface area contributed by atoms with Crippen LogP contribution in [0.4, 0.5) is 5.69 Å². The summed E-state index contributed by atoms with van der Waals surface area (Å²) in [6.45, 7) is 6.91. The van der Waals surface area contributed by atoms with Crippen molar-refractivity contribution in [3.8, 4) is 0 Å². The predicted octanol–water partition coefficient (Wildman–Crippen LogP) is 2.14. The number of carbonyl (C=O) groups excluding carboxylic acids is 2. The van der Waals surface area contributed by atoms with Gasteiger partial charge in [-0.15, -0.1) is 0 Å². The lowest BCUT2D eigenvalue weighted by molar-refractivity contribution is -0.255. The Morgan fingerprint density at radius 2 is 1.46 bits per heavy atom. The molecule has 26 heavy (non-hydrogen) atoms. The summed E-state index contributed by atoms with van der Waals surface area (Å²) in [4.78, 5) is 27.9. The van der Waals surface area contributed by atoms with Gasteiger partial charge in [0.1, 0.15) is 0 Å². The molecule has 0 radical (unpaired) electrons. The van der Waals surface area contributed by atoms with Crippen molar-refractivity contribution in [1.29, 1.82) is 0 Å². The molecule has 1 saturated heterocycles. The van der Waals surface area contributed by atoms with Crippen LogP contribution in [0.3, 0.4) is 0 Å². The molecule has 5 nitrogen and oxygen atoms in total. The highest BCUT2D eigenvalue weighted by molar-refractivity contribution is 6.04. The van der Waals surface area contributed by atoms with Gasteiger partial charge in [0.05, 0.1) is 5.97 Å². The van der Waals surface area contributed by atoms with Crippen molar-refractivity contribution in [1.82, 2.24) is 4.90 Å². The SMILES string of the molecule is CC(C)c1ccc(N2CCN(C(=O)c3ccccc3C(=O)[O-])CC2)cc1. The largest absolute Gasteiger partial charge is 0.545 e. The van der Waals surface area contributed by atoms with E-state index in [0.717, 1.165) is 18.8 Å². The highest BCUT2D eigenvalue weighted by atomic mass is 16.4. The molecule has 1 fully saturated rings. The summed E-state index contributed by atoms with van der Waals surface area (Å²) < 4.78 is 0. The minimum absolute atomic E-state index is 0.0517. The summed E-state index contributed by atoms with van der Waals surface area (Å²) in [7, 11) is 0. The Balaban J connectivity index is 1.67. The van der Waals surface area contributed by atoms with Gasteiger partial charge in [0.2, 0.25) is 0 Å². The Bertz CT molecular complexity index is 791. The number of nitrogens with zero attached hydrogens (tertiary/aromatic N) is 2. The molecule has 0 unspecified atom stereocenters. The van der Waals surface area contributed by atoms with Crippen LogP contribution in [0.25, 0.3) is 0 Å². The number of piperazine rings is 1. The third-order valence-electron chi connectivity index (χ3n) is 4.87. The Labute approximate surface area is 153 Å². The van der Waals surface area contributed by atoms with Crippen molar-refractivity contribution in [3.05, 3.63) is 65.2 Å². The van der Waals surface area contributed by atoms with Crippen molar-refractivity contribution in [2.24, 2.45) is 0 Å². The first-order chi connectivity index (χ1) is 12.5. The molecule has 0 saturated carbocycles. The minimum Gasteiger partial charge on any atom is -0.545 e. The van der Waals surface area contributed by atoms with Gasteiger partial charge in [-0.1, -0.05) is 44.2 Å². The number of hydrogen-bond acceptors (Lipinski definition) is 4. The second kappa shape index (κ2) is 7.60. The van der Waals surface area contributed by atoms with Crippen LogP contribution in [0.5, 0.6) is 0 Å². The number of aromatic carboxylic acids is 1. The van der Waals surface area contributed by atoms with Crippen LogP contribution in [-0.2, 0) is 0 Å². The Hall–Kier alpha value is -2.82. The first-order valence-electron chi connectivity index (χ1n) is 8.92. The Kier molecular flexibility index (Phi) is 5.26. The van der Waals surface area contributed by atoms with Crippen molar-refractivity contribution in [2.45, 2.75) is 19.8 Å². The number of carboxylic acids is 1. The van der Waals surface area contributed by atoms with Crippen molar-refractivity contribution >= 4 is 17.6 Å². The standard InChI is InChI=1S/C21H24N2O3/c1-15(2)16-7-9-17(10-8-16)22-11-13-23(14-12-22)20(24)18-5-3-4-6-19(18)21(25)26/h3-10,15H,11-14H2,1-2H3,(H,25,26)/p-1. The molecule has 1 aliphatic rings. The number of carboxylic acid groups (broad SMARTS) is 1. The summed E-state index contributed by atoms with van der Waals surface area (Å²) in [5, 5.41) is 11.2. The van der Waals surface area contributed by atoms with Gasteiger partial charge in [0.15, 0.2) is 0 Å². The van der Waals surface area contributed by atoms with Crippen molar-refractivity contribution < 1.29 is 14.7 Å². The molecular weight excluding hydrogens is 328 g/mol. The number of carbonyl (C=O) groups is 2. The molecule has 0 aliphatic carbocycles. The lowest BCUT2D eigenvalue weighted by Gasteiger charge is -2.36. The fourth-order valence-corrected chi connectivity index (χ4v) is 3.26. The van der Waals surface area contributed by atoms with Gasteiger partial charge >= 0.3 is 0 Å². The highest BCUT2D eigenvalue weighted by Gasteiger charge is 2.24. The summed E-state index contributed by atoms with van der Waals surface area (Å²) in [6.07, 6.45) is 0. The van der Waals surface area contributed by atoms with E-state index in [2.05, 4.69) is 43.0 Å². The molecule has 1 aliphatic heterocycles. The van der Waals surface area contributed by atoms with Crippen molar-refractivity contribution in [3.63, 3.8) is 0 Å². The molecular formula is C21H23N2O3-. The van der Waals surface area contributed by atoms with Gasteiger partial charge in [0.25, 0.3) is 5.91 Å². The number of amides is 1. The van der Waals surface area contributed by atoms with Crippen LogP contribution in [0, 0.1) is 0 Å². The van der Waals surface area contributed by atoms with Gasteiger partial charge < -0.3 is 19.7 Å². The lowest BCUT2D eigenvalue weighted by Crippen LogP contribution is -2.49. The van der Waals surface area contributed by atoms with E-state index in [4.69, 9.17) is 0 Å². The smallest absolute Gasteiger partial charge is 0.254 e. The van der Waals surface area contributed by atoms with Crippen LogP contribution >= 0.6 is 0 Å². The quantitative estimate of drug-likeness (QED) is 0.847. The normalized spacial score (nSPS) is 14.6. The molecule has 0 aromatic heterocycles. The maximum absolute atomic E-state index is 12.7. The maximum atomic E-state index is 12.7. The second-order valence-corrected chi connectivity index (χ2v) is 6.86. The molecule has 1 amide bonds. The van der Waals surface area contributed by atoms with Gasteiger partial charge in [-0.2, -0.15) is 0 Å². The zero-order chi connectivity index (χ0) is 18.7. The van der Waals surface area contributed by atoms with Gasteiger partial charge in [-0.25, -0.2) is 0 Å². The van der Waals surface area contributed by atoms with Crippen LogP contribution in [0.1, 0.15) is 46.0 Å². The lowest BCUT2D eigenvalue weighted by atomic mass is 10.0. The maximum Gasteiger partial charge on any atom is 0.254 e. The van der Waals surface area contributed by atoms with E-state index in [0.29, 0.717) is 19.0 Å². The summed E-state index contributed by atoms with van der Waals surface area (Å²) in [5.74, 6) is -1.07. The molecule has 136 valence electrons. The number of benzene rings is 2. The van der Waals surface area contributed by atoms with E-state index in [1.54, 1.807) is 23.1 Å². The highest BCUT2D eigenvalue weighted by Crippen LogP contribution is 2.22. The molecule has 0 atom stereocenters. The van der Waals surface area contributed by atoms with E-state index in [1.807, 2.05) is 0 Å². The zero-order valence-corrected chi connectivity index (χ0v) is 15.1. The fourth-order valence-electron chi connectivity index (χ4n) is 3.26. The van der Waals surface area contributed by atoms with Gasteiger partial charge in [-0.05, 0) is 29.7 Å². The van der Waals surface area contributed by atoms with Crippen LogP contribution < -0.4 is 10.0 Å². The second-order valence-electron chi connectivity index (χ2n) is 6.86. The van der Waals surface area contributed by atoms with Crippen molar-refractivity contribution in [2.75, 3.05) is 31.1 Å². The first-order valence-corrected chi connectivity index (χ1v) is 8.92. The molecule has 0 bridgehead atoms. The molecule has 2 aromatic rings. The molecule has 2 aromatic carbocycles. The van der Waals surface area contributed by atoms with Gasteiger partial charge in [0, 0.05) is 43.0 Å². The average molecular weight is 351 g/mol. The topological polar surface area (TPSA) is 63.7 Å². The van der Waals surface area contributed by atoms with Crippen LogP contribution in [0.15, 0.2) is 48.5 Å². The van der Waals surface area contributed by atoms with E-state index < -0.39 is 5.97 Å². The van der Waals surface area contributed by atoms with Gasteiger partial charge in [-0.3, -0.25) is 4.79 Å². The van der Waals surface area contributed by atoms with Crippen LogP contribution in [-0.4, -0.2) is 43.0 Å². The molecule has 1 heterocycles. The molecule has 0 spiro atoms. The van der Waals surface area contributed by atoms with E-state index in [1.165, 1.54) is 11.6 Å². The number of hydrogen-bond donors (Lipinski definition) is 0.